The normalized spacial score (nSPS) is 16.9. The molecule has 0 spiro atoms. The molecule has 4 rings (SSSR count). The molecule has 0 N–H and O–H groups in total. The Morgan fingerprint density at radius 3 is 2.70 bits per heavy atom. The highest BCUT2D eigenvalue weighted by atomic mass is 32.2. The molecule has 0 unspecified atom stereocenters. The number of ether oxygens (including phenoxy) is 2. The van der Waals surface area contributed by atoms with Gasteiger partial charge in [-0.25, -0.2) is 8.42 Å². The lowest BCUT2D eigenvalue weighted by molar-refractivity contribution is -0.141. The molecule has 1 aliphatic heterocycles. The third kappa shape index (κ3) is 5.06. The maximum Gasteiger partial charge on any atom is 0.316 e. The summed E-state index contributed by atoms with van der Waals surface area (Å²) >= 11 is 1.47. The Kier molecular flexibility index (Phi) is 6.77. The van der Waals surface area contributed by atoms with Gasteiger partial charge in [-0.2, -0.15) is 4.31 Å². The number of hydrogen-bond donors (Lipinski definition) is 0. The zero-order valence-electron chi connectivity index (χ0n) is 16.7. The smallest absolute Gasteiger partial charge is 0.316 e. The van der Waals surface area contributed by atoms with E-state index >= 15 is 0 Å². The van der Waals surface area contributed by atoms with Crippen LogP contribution in [0.25, 0.3) is 0 Å². The second-order valence-corrected chi connectivity index (χ2v) is 10.4. The van der Waals surface area contributed by atoms with E-state index in [-0.39, 0.29) is 23.2 Å². The number of morpholine rings is 1. The monoisotopic (exact) mass is 447 g/mol. The quantitative estimate of drug-likeness (QED) is 0.480. The van der Waals surface area contributed by atoms with Crippen LogP contribution < -0.4 is 0 Å². The molecule has 2 aromatic rings. The molecule has 2 aliphatic rings. The van der Waals surface area contributed by atoms with Gasteiger partial charge in [-0.3, -0.25) is 4.79 Å². The Balaban J connectivity index is 1.31. The molecule has 8 heteroatoms. The Morgan fingerprint density at radius 1 is 1.07 bits per heavy atom. The van der Waals surface area contributed by atoms with Crippen LogP contribution in [0.1, 0.15) is 23.1 Å². The molecule has 30 heavy (non-hydrogen) atoms. The van der Waals surface area contributed by atoms with E-state index < -0.39 is 10.0 Å². The van der Waals surface area contributed by atoms with E-state index in [4.69, 9.17) is 9.47 Å². The number of thioether (sulfide) groups is 1. The topological polar surface area (TPSA) is 72.9 Å². The van der Waals surface area contributed by atoms with Crippen molar-refractivity contribution in [2.24, 2.45) is 0 Å². The second-order valence-electron chi connectivity index (χ2n) is 7.40. The minimum absolute atomic E-state index is 0.0516. The van der Waals surface area contributed by atoms with Crippen molar-refractivity contribution in [1.29, 1.82) is 0 Å². The Morgan fingerprint density at radius 2 is 1.87 bits per heavy atom. The van der Waals surface area contributed by atoms with Crippen LogP contribution in [-0.2, 0) is 43.7 Å². The Labute approximate surface area is 181 Å². The van der Waals surface area contributed by atoms with Crippen LogP contribution in [0.3, 0.4) is 0 Å². The average molecular weight is 448 g/mol. The number of carbonyl (C=O) groups is 1. The van der Waals surface area contributed by atoms with Crippen LogP contribution in [0.5, 0.6) is 0 Å². The number of benzene rings is 2. The summed E-state index contributed by atoms with van der Waals surface area (Å²) in [6.07, 6.45) is 3.45. The van der Waals surface area contributed by atoms with Crippen LogP contribution in [0.2, 0.25) is 0 Å². The molecule has 0 amide bonds. The van der Waals surface area contributed by atoms with Crippen LogP contribution in [0.15, 0.2) is 52.3 Å². The molecule has 2 aromatic carbocycles. The molecule has 0 saturated carbocycles. The van der Waals surface area contributed by atoms with Crippen molar-refractivity contribution in [2.75, 3.05) is 32.1 Å². The van der Waals surface area contributed by atoms with Crippen LogP contribution in [0.4, 0.5) is 0 Å². The highest BCUT2D eigenvalue weighted by Gasteiger charge is 2.26. The zero-order valence-corrected chi connectivity index (χ0v) is 18.3. The lowest BCUT2D eigenvalue weighted by Crippen LogP contribution is -2.40. The fraction of sp³-hybridized carbons (Fsp3) is 0.409. The molecular formula is C22H25NO5S2. The maximum atomic E-state index is 12.8. The van der Waals surface area contributed by atoms with Crippen molar-refractivity contribution in [3.8, 4) is 0 Å². The minimum atomic E-state index is -3.57. The van der Waals surface area contributed by atoms with Crippen molar-refractivity contribution in [1.82, 2.24) is 4.31 Å². The number of esters is 1. The first-order chi connectivity index (χ1) is 14.5. The number of sulfonamides is 1. The van der Waals surface area contributed by atoms with Gasteiger partial charge in [0.05, 0.1) is 23.9 Å². The summed E-state index contributed by atoms with van der Waals surface area (Å²) in [6, 6.07) is 13.0. The van der Waals surface area contributed by atoms with E-state index in [9.17, 15) is 13.2 Å². The van der Waals surface area contributed by atoms with Gasteiger partial charge in [0.15, 0.2) is 0 Å². The fourth-order valence-corrected chi connectivity index (χ4v) is 5.95. The first-order valence-electron chi connectivity index (χ1n) is 10.1. The third-order valence-corrected chi connectivity index (χ3v) is 8.19. The largest absolute Gasteiger partial charge is 0.460 e. The number of rotatable bonds is 7. The summed E-state index contributed by atoms with van der Waals surface area (Å²) in [5.41, 5.74) is 3.45. The first-order valence-corrected chi connectivity index (χ1v) is 12.5. The summed E-state index contributed by atoms with van der Waals surface area (Å²) in [5.74, 6) is -0.0909. The number of nitrogens with zero attached hydrogens (tertiary/aromatic N) is 1. The van der Waals surface area contributed by atoms with Gasteiger partial charge in [0, 0.05) is 18.0 Å². The summed E-state index contributed by atoms with van der Waals surface area (Å²) in [7, 11) is -3.57. The summed E-state index contributed by atoms with van der Waals surface area (Å²) < 4.78 is 37.6. The van der Waals surface area contributed by atoms with E-state index in [1.165, 1.54) is 33.6 Å². The van der Waals surface area contributed by atoms with Gasteiger partial charge in [0.1, 0.15) is 6.61 Å². The molecule has 0 radical (unpaired) electrons. The van der Waals surface area contributed by atoms with Crippen molar-refractivity contribution >= 4 is 27.8 Å². The van der Waals surface area contributed by atoms with Gasteiger partial charge in [-0.05, 0) is 60.2 Å². The van der Waals surface area contributed by atoms with Crippen molar-refractivity contribution in [3.05, 3.63) is 59.2 Å². The average Bonchev–Trinajstić information content (AvgIpc) is 3.25. The van der Waals surface area contributed by atoms with Crippen LogP contribution >= 0.6 is 11.8 Å². The first kappa shape index (κ1) is 21.4. The summed E-state index contributed by atoms with van der Waals surface area (Å²) in [5, 5.41) is 0. The van der Waals surface area contributed by atoms with E-state index in [1.807, 2.05) is 0 Å². The molecule has 0 aromatic heterocycles. The predicted octanol–water partition coefficient (Wildman–Crippen LogP) is 3.03. The van der Waals surface area contributed by atoms with Gasteiger partial charge in [0.2, 0.25) is 10.0 Å². The van der Waals surface area contributed by atoms with E-state index in [0.29, 0.717) is 31.9 Å². The molecule has 0 atom stereocenters. The highest BCUT2D eigenvalue weighted by molar-refractivity contribution is 8.00. The molecule has 1 aliphatic carbocycles. The fourth-order valence-electron chi connectivity index (χ4n) is 3.72. The summed E-state index contributed by atoms with van der Waals surface area (Å²) in [6.45, 7) is 1.55. The molecule has 160 valence electrons. The van der Waals surface area contributed by atoms with Gasteiger partial charge < -0.3 is 9.47 Å². The highest BCUT2D eigenvalue weighted by Crippen LogP contribution is 2.27. The third-order valence-electron chi connectivity index (χ3n) is 5.33. The second kappa shape index (κ2) is 9.51. The lowest BCUT2D eigenvalue weighted by atomic mass is 10.1. The van der Waals surface area contributed by atoms with Gasteiger partial charge in [0.25, 0.3) is 0 Å². The van der Waals surface area contributed by atoms with E-state index in [2.05, 4.69) is 18.2 Å². The minimum Gasteiger partial charge on any atom is -0.460 e. The molecule has 6 nitrogen and oxygen atoms in total. The van der Waals surface area contributed by atoms with Crippen LogP contribution in [-0.4, -0.2) is 50.7 Å². The zero-order chi connectivity index (χ0) is 21.0. The van der Waals surface area contributed by atoms with E-state index in [1.54, 1.807) is 24.3 Å². The standard InChI is InChI=1S/C22H25NO5S2/c24-22(16-29-20-8-7-18-4-2-5-19(18)14-20)28-15-17-3-1-6-21(13-17)30(25,26)23-9-11-27-12-10-23/h1,3,6-8,13-14H,2,4-5,9-12,15-16H2. The SMILES string of the molecule is O=C(CSc1ccc2c(c1)CCC2)OCc1cccc(S(=O)(=O)N2CCOCC2)c1. The van der Waals surface area contributed by atoms with Gasteiger partial charge in [-0.1, -0.05) is 18.2 Å². The van der Waals surface area contributed by atoms with Crippen molar-refractivity contribution in [3.63, 3.8) is 0 Å². The summed E-state index contributed by atoms with van der Waals surface area (Å²) in [4.78, 5) is 13.5. The molecule has 0 bridgehead atoms. The number of fused-ring (bicyclic) bond motifs is 1. The van der Waals surface area contributed by atoms with Crippen molar-refractivity contribution < 1.29 is 22.7 Å². The predicted molar refractivity (Wildman–Crippen MR) is 115 cm³/mol. The number of aryl methyl sites for hydroxylation is 2. The molecule has 1 fully saturated rings. The molecule has 1 heterocycles. The number of hydrogen-bond acceptors (Lipinski definition) is 6. The van der Waals surface area contributed by atoms with Gasteiger partial charge >= 0.3 is 5.97 Å². The van der Waals surface area contributed by atoms with E-state index in [0.717, 1.165) is 17.7 Å². The lowest BCUT2D eigenvalue weighted by Gasteiger charge is -2.26. The Hall–Kier alpha value is -1.87. The molecule has 1 saturated heterocycles. The number of carbonyl (C=O) groups excluding carboxylic acids is 1. The maximum absolute atomic E-state index is 12.8. The Bertz CT molecular complexity index is 1020. The van der Waals surface area contributed by atoms with Gasteiger partial charge in [-0.15, -0.1) is 11.8 Å². The van der Waals surface area contributed by atoms with Crippen molar-refractivity contribution in [2.45, 2.75) is 35.7 Å². The molecular weight excluding hydrogens is 422 g/mol. The van der Waals surface area contributed by atoms with Crippen LogP contribution in [0, 0.1) is 0 Å².